The van der Waals surface area contributed by atoms with E-state index in [1.165, 1.54) is 0 Å². The number of carbonyl (C=O) groups excluding carboxylic acids is 1. The first-order valence-corrected chi connectivity index (χ1v) is 9.17. The van der Waals surface area contributed by atoms with Crippen molar-refractivity contribution in [3.63, 3.8) is 0 Å². The van der Waals surface area contributed by atoms with Crippen molar-refractivity contribution in [2.24, 2.45) is 28.7 Å². The molecule has 0 bridgehead atoms. The summed E-state index contributed by atoms with van der Waals surface area (Å²) in [6.07, 6.45) is 2.23. The molecule has 1 saturated carbocycles. The van der Waals surface area contributed by atoms with Crippen LogP contribution in [-0.4, -0.2) is 16.7 Å². The Labute approximate surface area is 148 Å². The van der Waals surface area contributed by atoms with Crippen LogP contribution in [0.5, 0.6) is 0 Å². The summed E-state index contributed by atoms with van der Waals surface area (Å²) in [6, 6.07) is 7.95. The van der Waals surface area contributed by atoms with Crippen molar-refractivity contribution >= 4 is 34.6 Å². The fraction of sp³-hybridized carbons (Fsp3) is 0.526. The average Bonchev–Trinajstić information content (AvgIpc) is 2.79. The van der Waals surface area contributed by atoms with Gasteiger partial charge in [-0.2, -0.15) is 0 Å². The number of benzene rings is 1. The second-order valence-corrected chi connectivity index (χ2v) is 8.04. The molecule has 2 heterocycles. The van der Waals surface area contributed by atoms with Crippen LogP contribution in [0.2, 0.25) is 0 Å². The first-order chi connectivity index (χ1) is 11.4. The molecule has 0 aromatic heterocycles. The van der Waals surface area contributed by atoms with E-state index in [9.17, 15) is 4.79 Å². The topological polar surface area (TPSA) is 53.5 Å². The van der Waals surface area contributed by atoms with Gasteiger partial charge in [0.05, 0.1) is 0 Å². The number of thiocarbonyl (C=S) groups is 1. The van der Waals surface area contributed by atoms with Crippen LogP contribution in [0.15, 0.2) is 29.3 Å². The number of amides is 1. The standard InChI is InChI=1S/C19H23N3OS/c1-10(2)12-9-8-11(3)15-16(12)21-18(24)22-19(15)13-6-4-5-7-14(13)20-17(19)23/h4-7,10-12,15H,8-9H2,1-3H3,(H,20,23)(H,22,24). The molecule has 1 aliphatic carbocycles. The number of rotatable bonds is 1. The molecular formula is C19H23N3OS. The number of nitrogens with one attached hydrogen (secondary N) is 2. The predicted molar refractivity (Wildman–Crippen MR) is 100 cm³/mol. The van der Waals surface area contributed by atoms with Gasteiger partial charge in [0, 0.05) is 28.8 Å². The maximum Gasteiger partial charge on any atom is 0.255 e. The molecule has 4 unspecified atom stereocenters. The van der Waals surface area contributed by atoms with Crippen molar-refractivity contribution in [3.8, 4) is 0 Å². The van der Waals surface area contributed by atoms with Crippen molar-refractivity contribution in [2.75, 3.05) is 5.32 Å². The third-order valence-corrected chi connectivity index (χ3v) is 6.16. The number of hydrogen-bond acceptors (Lipinski definition) is 2. The minimum atomic E-state index is -0.808. The fourth-order valence-electron chi connectivity index (χ4n) is 4.86. The number of anilines is 1. The lowest BCUT2D eigenvalue weighted by atomic mass is 9.60. The summed E-state index contributed by atoms with van der Waals surface area (Å²) >= 11 is 5.46. The molecule has 126 valence electrons. The van der Waals surface area contributed by atoms with Gasteiger partial charge in [-0.3, -0.25) is 4.79 Å². The number of fused-ring (bicyclic) bond motifs is 4. The fourth-order valence-corrected chi connectivity index (χ4v) is 5.13. The number of carbonyl (C=O) groups is 1. The molecule has 1 fully saturated rings. The summed E-state index contributed by atoms with van der Waals surface area (Å²) < 4.78 is 0. The predicted octanol–water partition coefficient (Wildman–Crippen LogP) is 3.48. The molecule has 2 N–H and O–H groups in total. The number of hydrogen-bond donors (Lipinski definition) is 2. The summed E-state index contributed by atoms with van der Waals surface area (Å²) in [6.45, 7) is 6.71. The summed E-state index contributed by atoms with van der Waals surface area (Å²) in [7, 11) is 0. The van der Waals surface area contributed by atoms with E-state index < -0.39 is 5.54 Å². The van der Waals surface area contributed by atoms with E-state index in [1.54, 1.807) is 0 Å². The third-order valence-electron chi connectivity index (χ3n) is 5.96. The van der Waals surface area contributed by atoms with E-state index in [2.05, 4.69) is 31.4 Å². The molecule has 2 aliphatic heterocycles. The zero-order valence-electron chi connectivity index (χ0n) is 14.3. The molecule has 1 amide bonds. The van der Waals surface area contributed by atoms with E-state index in [1.807, 2.05) is 24.3 Å². The summed E-state index contributed by atoms with van der Waals surface area (Å²) in [5.74, 6) is 1.32. The van der Waals surface area contributed by atoms with Crippen LogP contribution in [0, 0.1) is 23.7 Å². The van der Waals surface area contributed by atoms with Gasteiger partial charge in [-0.25, -0.2) is 4.99 Å². The molecule has 0 saturated heterocycles. The molecule has 1 spiro atoms. The Bertz CT molecular complexity index is 757. The Morgan fingerprint density at radius 2 is 2.04 bits per heavy atom. The second kappa shape index (κ2) is 5.38. The van der Waals surface area contributed by atoms with E-state index >= 15 is 0 Å². The normalized spacial score (nSPS) is 34.5. The molecule has 4 nitrogen and oxygen atoms in total. The highest BCUT2D eigenvalue weighted by molar-refractivity contribution is 7.80. The highest BCUT2D eigenvalue weighted by Crippen LogP contribution is 2.51. The van der Waals surface area contributed by atoms with Crippen LogP contribution in [-0.2, 0) is 10.3 Å². The second-order valence-electron chi connectivity index (χ2n) is 7.66. The maximum atomic E-state index is 13.1. The molecule has 5 heteroatoms. The highest BCUT2D eigenvalue weighted by atomic mass is 32.1. The Balaban J connectivity index is 1.93. The Kier molecular flexibility index (Phi) is 3.53. The van der Waals surface area contributed by atoms with Crippen molar-refractivity contribution in [2.45, 2.75) is 39.2 Å². The largest absolute Gasteiger partial charge is 0.342 e. The lowest BCUT2D eigenvalue weighted by Crippen LogP contribution is -2.64. The van der Waals surface area contributed by atoms with Crippen molar-refractivity contribution < 1.29 is 4.79 Å². The Morgan fingerprint density at radius 3 is 2.79 bits per heavy atom. The van der Waals surface area contributed by atoms with Gasteiger partial charge in [-0.1, -0.05) is 39.0 Å². The van der Waals surface area contributed by atoms with Crippen molar-refractivity contribution in [3.05, 3.63) is 29.8 Å². The number of aliphatic imine (C=N–C) groups is 1. The molecule has 4 rings (SSSR count). The maximum absolute atomic E-state index is 13.1. The molecule has 1 aromatic rings. The van der Waals surface area contributed by atoms with Gasteiger partial charge in [0.25, 0.3) is 5.91 Å². The van der Waals surface area contributed by atoms with Crippen LogP contribution in [0.25, 0.3) is 0 Å². The molecule has 0 radical (unpaired) electrons. The average molecular weight is 341 g/mol. The van der Waals surface area contributed by atoms with E-state index in [0.29, 0.717) is 22.9 Å². The van der Waals surface area contributed by atoms with Gasteiger partial charge in [-0.15, -0.1) is 0 Å². The first kappa shape index (κ1) is 15.8. The van der Waals surface area contributed by atoms with Gasteiger partial charge in [0.1, 0.15) is 0 Å². The zero-order chi connectivity index (χ0) is 17.1. The van der Waals surface area contributed by atoms with Gasteiger partial charge in [0.15, 0.2) is 10.7 Å². The van der Waals surface area contributed by atoms with Gasteiger partial charge < -0.3 is 10.6 Å². The van der Waals surface area contributed by atoms with Gasteiger partial charge in [0.2, 0.25) is 0 Å². The smallest absolute Gasteiger partial charge is 0.255 e. The molecule has 4 atom stereocenters. The number of nitrogens with zero attached hydrogens (tertiary/aromatic N) is 1. The molecule has 1 aromatic carbocycles. The SMILES string of the molecule is CC(C)C1CCC(C)C2C1=NC(=S)NC21C(=O)Nc2ccccc21. The van der Waals surface area contributed by atoms with Crippen molar-refractivity contribution in [1.29, 1.82) is 0 Å². The Morgan fingerprint density at radius 1 is 1.29 bits per heavy atom. The Hall–Kier alpha value is -1.75. The van der Waals surface area contributed by atoms with Crippen LogP contribution < -0.4 is 10.6 Å². The molecular weight excluding hydrogens is 318 g/mol. The highest BCUT2D eigenvalue weighted by Gasteiger charge is 2.59. The van der Waals surface area contributed by atoms with Gasteiger partial charge >= 0.3 is 0 Å². The zero-order valence-corrected chi connectivity index (χ0v) is 15.1. The lowest BCUT2D eigenvalue weighted by molar-refractivity contribution is -0.123. The monoisotopic (exact) mass is 341 g/mol. The minimum absolute atomic E-state index is 0.000272. The van der Waals surface area contributed by atoms with Gasteiger partial charge in [-0.05, 0) is 43.0 Å². The van der Waals surface area contributed by atoms with Crippen LogP contribution in [0.1, 0.15) is 39.2 Å². The number of para-hydroxylation sites is 1. The quantitative estimate of drug-likeness (QED) is 0.769. The van der Waals surface area contributed by atoms with E-state index in [0.717, 1.165) is 29.8 Å². The van der Waals surface area contributed by atoms with Crippen LogP contribution >= 0.6 is 12.2 Å². The van der Waals surface area contributed by atoms with E-state index in [-0.39, 0.29) is 11.8 Å². The summed E-state index contributed by atoms with van der Waals surface area (Å²) in [5.41, 5.74) is 2.21. The van der Waals surface area contributed by atoms with E-state index in [4.69, 9.17) is 17.2 Å². The summed E-state index contributed by atoms with van der Waals surface area (Å²) in [5, 5.41) is 6.82. The minimum Gasteiger partial charge on any atom is -0.342 e. The molecule has 3 aliphatic rings. The first-order valence-electron chi connectivity index (χ1n) is 8.76. The third kappa shape index (κ3) is 2.00. The van der Waals surface area contributed by atoms with Crippen LogP contribution in [0.3, 0.4) is 0 Å². The van der Waals surface area contributed by atoms with Crippen molar-refractivity contribution in [1.82, 2.24) is 5.32 Å². The van der Waals surface area contributed by atoms with Crippen LogP contribution in [0.4, 0.5) is 5.69 Å². The molecule has 24 heavy (non-hydrogen) atoms. The summed E-state index contributed by atoms with van der Waals surface area (Å²) in [4.78, 5) is 17.9. The lowest BCUT2D eigenvalue weighted by Gasteiger charge is -2.49.